The number of benzene rings is 2. The summed E-state index contributed by atoms with van der Waals surface area (Å²) in [6.45, 7) is 15.2. The van der Waals surface area contributed by atoms with Gasteiger partial charge in [0.15, 0.2) is 22.7 Å². The highest BCUT2D eigenvalue weighted by atomic mass is 16.7. The summed E-state index contributed by atoms with van der Waals surface area (Å²) in [7, 11) is 1.32. The summed E-state index contributed by atoms with van der Waals surface area (Å²) in [4.78, 5) is 48.0. The second-order valence-electron chi connectivity index (χ2n) is 21.5. The predicted octanol–water partition coefficient (Wildman–Crippen LogP) is 5.83. The third-order valence-electron chi connectivity index (χ3n) is 16.0. The van der Waals surface area contributed by atoms with Gasteiger partial charge in [-0.3, -0.25) is 4.79 Å². The van der Waals surface area contributed by atoms with E-state index < -0.39 is 95.6 Å². The van der Waals surface area contributed by atoms with Gasteiger partial charge in [-0.2, -0.15) is 10.1 Å². The van der Waals surface area contributed by atoms with Crippen LogP contribution in [0, 0.1) is 17.8 Å². The van der Waals surface area contributed by atoms with Crippen LogP contribution in [-0.2, 0) is 30.2 Å². The molecule has 2 aromatic carbocycles. The van der Waals surface area contributed by atoms with Crippen molar-refractivity contribution in [3.05, 3.63) is 93.9 Å². The first-order chi connectivity index (χ1) is 34.2. The number of hydrogen-bond acceptors (Lipinski definition) is 17. The molecule has 2 saturated heterocycles. The smallest absolute Gasteiger partial charge is 0.343 e. The van der Waals surface area contributed by atoms with Crippen molar-refractivity contribution in [2.45, 2.75) is 153 Å². The van der Waals surface area contributed by atoms with Crippen molar-refractivity contribution in [1.29, 1.82) is 0 Å². The Bertz CT molecular complexity index is 2820. The Morgan fingerprint density at radius 1 is 0.958 bits per heavy atom. The maximum Gasteiger partial charge on any atom is 0.343 e. The van der Waals surface area contributed by atoms with Gasteiger partial charge in [0.1, 0.15) is 53.6 Å². The Balaban J connectivity index is 1.15. The van der Waals surface area contributed by atoms with E-state index in [0.29, 0.717) is 59.0 Å². The zero-order valence-corrected chi connectivity index (χ0v) is 42.0. The van der Waals surface area contributed by atoms with Gasteiger partial charge in [0.05, 0.1) is 54.0 Å². The summed E-state index contributed by atoms with van der Waals surface area (Å²) >= 11 is 0. The maximum atomic E-state index is 15.6. The minimum atomic E-state index is -1.64. The number of esters is 2. The number of rotatable bonds is 13. The Hall–Kier alpha value is -5.89. The molecule has 384 valence electrons. The summed E-state index contributed by atoms with van der Waals surface area (Å²) in [5, 5.41) is 49.4. The van der Waals surface area contributed by atoms with Gasteiger partial charge >= 0.3 is 11.9 Å². The average Bonchev–Trinajstić information content (AvgIpc) is 3.87. The summed E-state index contributed by atoms with van der Waals surface area (Å²) < 4.78 is 47.3. The van der Waals surface area contributed by atoms with Crippen LogP contribution in [0.2, 0.25) is 0 Å². The highest BCUT2D eigenvalue weighted by molar-refractivity contribution is 5.97. The van der Waals surface area contributed by atoms with Crippen molar-refractivity contribution in [3.63, 3.8) is 0 Å². The lowest BCUT2D eigenvalue weighted by molar-refractivity contribution is -0.277. The fourth-order valence-corrected chi connectivity index (χ4v) is 12.6. The number of methoxy groups -OCH3 is 1. The number of hydrogen-bond donors (Lipinski definition) is 5. The molecule has 0 amide bonds. The number of fused-ring (bicyclic) bond motifs is 4. The zero-order valence-electron chi connectivity index (χ0n) is 42.0. The quantitative estimate of drug-likeness (QED) is 0.0586. The number of nitrogens with zero attached hydrogens (tertiary/aromatic N) is 3. The van der Waals surface area contributed by atoms with E-state index in [9.17, 15) is 30.0 Å². The number of carbonyl (C=O) groups excluding carboxylic acids is 3. The number of ether oxygens (including phenoxy) is 7. The molecule has 3 aromatic rings. The number of aromatic nitrogens is 3. The molecule has 72 heavy (non-hydrogen) atoms. The number of anilines is 1. The molecule has 18 heteroatoms. The van der Waals surface area contributed by atoms with E-state index in [0.717, 1.165) is 12.0 Å². The third kappa shape index (κ3) is 7.62. The molecule has 3 aliphatic carbocycles. The lowest BCUT2D eigenvalue weighted by atomic mass is 9.44. The molecule has 3 saturated carbocycles. The fraction of sp³-hybridized carbons (Fsp3) is 0.537. The summed E-state index contributed by atoms with van der Waals surface area (Å²) in [5.41, 5.74) is -0.237. The monoisotopic (exact) mass is 992 g/mol. The minimum Gasteiger partial charge on any atom is -0.482 e. The standard InChI is InChI=1S/C54H64N4O14/c1-26(2)11-10-20-52(8)21-19-32-43(70-52)31(17-12-27(3)4)45-36(44(32)69-48(65)29-13-15-30(16-14-29)67-49-42(62)41(61)40(60)34(24-59)68-49)38-37-39(58-50(57-38)55-25-56-58)33-23-35-51(6,7)72-53(46(33)63,54(35,37)71-45)22-18-28(5)47(64)66-9/h11-16,18-19,21,25,33-35,37-42,49,59-62H,10,17,20,22-24H2,1-9H3,(H,55,56,57)/b28-18-/t33?,34-,35?,37?,38?,39?,40-,41+,42-,49-,52?,53?,54?/m1/s1. The minimum absolute atomic E-state index is 0.0204. The first-order valence-corrected chi connectivity index (χ1v) is 24.7. The van der Waals surface area contributed by atoms with Crippen LogP contribution in [0.4, 0.5) is 5.95 Å². The highest BCUT2D eigenvalue weighted by Gasteiger charge is 2.86. The third-order valence-corrected chi connectivity index (χ3v) is 16.0. The van der Waals surface area contributed by atoms with E-state index in [2.05, 4.69) is 36.3 Å². The molecule has 18 nitrogen and oxygen atoms in total. The van der Waals surface area contributed by atoms with Crippen molar-refractivity contribution in [2.75, 3.05) is 19.0 Å². The Kier molecular flexibility index (Phi) is 12.4. The van der Waals surface area contributed by atoms with Gasteiger partial charge < -0.3 is 58.9 Å². The molecular weight excluding hydrogens is 929 g/mol. The van der Waals surface area contributed by atoms with Gasteiger partial charge in [-0.05, 0) is 117 Å². The first kappa shape index (κ1) is 49.7. The topological polar surface area (TPSA) is 239 Å². The van der Waals surface area contributed by atoms with Crippen molar-refractivity contribution < 1.29 is 68.0 Å². The molecule has 13 atom stereocenters. The summed E-state index contributed by atoms with van der Waals surface area (Å²) in [6.07, 6.45) is 6.08. The van der Waals surface area contributed by atoms with Crippen LogP contribution in [0.25, 0.3) is 6.08 Å². The molecule has 4 bridgehead atoms. The molecule has 5 fully saturated rings. The Morgan fingerprint density at radius 2 is 1.69 bits per heavy atom. The molecule has 1 spiro atoms. The van der Waals surface area contributed by atoms with Crippen LogP contribution in [0.1, 0.15) is 120 Å². The number of allylic oxidation sites excluding steroid dienone is 4. The summed E-state index contributed by atoms with van der Waals surface area (Å²) in [5.74, 6) is -1.29. The number of aliphatic hydroxyl groups excluding tert-OH is 4. The second kappa shape index (κ2) is 17.9. The fourth-order valence-electron chi connectivity index (χ4n) is 12.6. The van der Waals surface area contributed by atoms with Gasteiger partial charge in [-0.1, -0.05) is 29.4 Å². The Morgan fingerprint density at radius 3 is 2.39 bits per heavy atom. The van der Waals surface area contributed by atoms with Gasteiger partial charge in [-0.25, -0.2) is 14.3 Å². The van der Waals surface area contributed by atoms with Gasteiger partial charge in [0, 0.05) is 29.4 Å². The lowest BCUT2D eigenvalue weighted by Gasteiger charge is -2.66. The SMILES string of the molecule is COC(=O)/C(C)=C\CC12OC(C)(C)C3CC(C1=O)C1C4C(Nc5ncnn51)c1c(OC(=O)c5ccc(O[C@@H]6O[C@H](CO)[C@@H](O)[C@H](O)[C@H]6O)cc5)c5c(c(CC=C(C)C)c1OC432)OC(C)(CCC=C(C)C)C=C5. The van der Waals surface area contributed by atoms with Crippen LogP contribution >= 0.6 is 0 Å². The number of ketones is 1. The molecule has 5 aliphatic heterocycles. The van der Waals surface area contributed by atoms with Crippen molar-refractivity contribution in [1.82, 2.24) is 14.8 Å². The molecule has 8 unspecified atom stereocenters. The molecule has 1 aromatic heterocycles. The van der Waals surface area contributed by atoms with Crippen molar-refractivity contribution in [3.8, 4) is 23.0 Å². The van der Waals surface area contributed by atoms with Crippen molar-refractivity contribution >= 4 is 29.7 Å². The van der Waals surface area contributed by atoms with Crippen LogP contribution < -0.4 is 24.3 Å². The highest BCUT2D eigenvalue weighted by Crippen LogP contribution is 2.75. The van der Waals surface area contributed by atoms with Gasteiger partial charge in [-0.15, -0.1) is 0 Å². The molecule has 11 rings (SSSR count). The van der Waals surface area contributed by atoms with Gasteiger partial charge in [0.2, 0.25) is 12.2 Å². The normalized spacial score (nSPS) is 34.0. The van der Waals surface area contributed by atoms with E-state index >= 15 is 4.79 Å². The first-order valence-electron chi connectivity index (χ1n) is 24.7. The second-order valence-corrected chi connectivity index (χ2v) is 21.5. The molecular formula is C54H64N4O14. The number of carbonyl (C=O) groups is 3. The maximum absolute atomic E-state index is 15.6. The van der Waals surface area contributed by atoms with E-state index in [1.165, 1.54) is 43.3 Å². The molecule has 5 N–H and O–H groups in total. The number of Topliss-reactive ketones (excluding diaryl/α,β-unsaturated/α-hetero) is 1. The van der Waals surface area contributed by atoms with Crippen LogP contribution in [0.3, 0.4) is 0 Å². The molecule has 0 radical (unpaired) electrons. The Labute approximate surface area is 417 Å². The van der Waals surface area contributed by atoms with E-state index in [1.54, 1.807) is 17.7 Å². The van der Waals surface area contributed by atoms with E-state index in [1.807, 2.05) is 46.8 Å². The van der Waals surface area contributed by atoms with Gasteiger partial charge in [0.25, 0.3) is 0 Å². The van der Waals surface area contributed by atoms with Crippen LogP contribution in [0.5, 0.6) is 23.0 Å². The predicted molar refractivity (Wildman–Crippen MR) is 259 cm³/mol. The molecule has 6 heterocycles. The average molecular weight is 993 g/mol. The van der Waals surface area contributed by atoms with Crippen molar-refractivity contribution in [2.24, 2.45) is 17.8 Å². The van der Waals surface area contributed by atoms with E-state index in [4.69, 9.17) is 38.3 Å². The number of aliphatic hydroxyl groups is 4. The number of nitrogens with one attached hydrogen (secondary N) is 1. The van der Waals surface area contributed by atoms with E-state index in [-0.39, 0.29) is 35.2 Å². The largest absolute Gasteiger partial charge is 0.482 e. The van der Waals surface area contributed by atoms with Crippen LogP contribution in [-0.4, -0.2) is 120 Å². The van der Waals surface area contributed by atoms with Crippen LogP contribution in [0.15, 0.2) is 71.6 Å². The molecule has 8 aliphatic rings. The summed E-state index contributed by atoms with van der Waals surface area (Å²) in [6, 6.07) is 4.66. The lowest BCUT2D eigenvalue weighted by Crippen LogP contribution is -2.79. The zero-order chi connectivity index (χ0) is 51.4.